The van der Waals surface area contributed by atoms with Gasteiger partial charge in [-0.2, -0.15) is 0 Å². The molecular weight excluding hydrogens is 270 g/mol. The molecule has 1 aliphatic carbocycles. The highest BCUT2D eigenvalue weighted by molar-refractivity contribution is 5.83. The van der Waals surface area contributed by atoms with Gasteiger partial charge in [0.15, 0.2) is 0 Å². The van der Waals surface area contributed by atoms with E-state index in [9.17, 15) is 9.59 Å². The summed E-state index contributed by atoms with van der Waals surface area (Å²) < 4.78 is 4.85. The number of esters is 1. The lowest BCUT2D eigenvalue weighted by atomic mass is 10.1. The van der Waals surface area contributed by atoms with E-state index in [2.05, 4.69) is 10.6 Å². The number of ether oxygens (including phenoxy) is 1. The Morgan fingerprint density at radius 3 is 2.95 bits per heavy atom. The van der Waals surface area contributed by atoms with Crippen LogP contribution in [0.3, 0.4) is 0 Å². The third-order valence-corrected chi connectivity index (χ3v) is 3.54. The van der Waals surface area contributed by atoms with Crippen molar-refractivity contribution in [1.82, 2.24) is 10.6 Å². The number of nitrogens with two attached hydrogens (primary N) is 1. The van der Waals surface area contributed by atoms with Gasteiger partial charge in [0.1, 0.15) is 6.04 Å². The first kappa shape index (κ1) is 15.2. The second-order valence-corrected chi connectivity index (χ2v) is 5.14. The number of amides is 2. The van der Waals surface area contributed by atoms with Crippen molar-refractivity contribution in [2.75, 3.05) is 12.3 Å². The number of fused-ring (bicyclic) bond motifs is 1. The van der Waals surface area contributed by atoms with Crippen LogP contribution in [0.15, 0.2) is 18.2 Å². The summed E-state index contributed by atoms with van der Waals surface area (Å²) in [5, 5.41) is 5.47. The molecule has 0 aliphatic heterocycles. The van der Waals surface area contributed by atoms with Crippen LogP contribution >= 0.6 is 0 Å². The fourth-order valence-corrected chi connectivity index (χ4v) is 2.51. The van der Waals surface area contributed by atoms with Crippen molar-refractivity contribution in [2.45, 2.75) is 38.8 Å². The third kappa shape index (κ3) is 3.65. The van der Waals surface area contributed by atoms with Crippen molar-refractivity contribution in [3.8, 4) is 0 Å². The van der Waals surface area contributed by atoms with Crippen LogP contribution in [-0.2, 0) is 16.0 Å². The number of hydrogen-bond acceptors (Lipinski definition) is 4. The van der Waals surface area contributed by atoms with Crippen molar-refractivity contribution in [2.24, 2.45) is 0 Å². The van der Waals surface area contributed by atoms with Crippen molar-refractivity contribution >= 4 is 17.7 Å². The minimum Gasteiger partial charge on any atom is -0.464 e. The number of urea groups is 1. The van der Waals surface area contributed by atoms with Crippen LogP contribution in [0.4, 0.5) is 10.5 Å². The summed E-state index contributed by atoms with van der Waals surface area (Å²) in [6.45, 7) is 3.62. The molecule has 2 atom stereocenters. The maximum atomic E-state index is 11.9. The van der Waals surface area contributed by atoms with Gasteiger partial charge in [0, 0.05) is 5.69 Å². The van der Waals surface area contributed by atoms with Gasteiger partial charge < -0.3 is 21.1 Å². The third-order valence-electron chi connectivity index (χ3n) is 3.54. The van der Waals surface area contributed by atoms with Gasteiger partial charge in [-0.1, -0.05) is 6.07 Å². The summed E-state index contributed by atoms with van der Waals surface area (Å²) >= 11 is 0. The Hall–Kier alpha value is -2.24. The zero-order chi connectivity index (χ0) is 15.4. The quantitative estimate of drug-likeness (QED) is 0.579. The fraction of sp³-hybridized carbons (Fsp3) is 0.467. The number of anilines is 1. The summed E-state index contributed by atoms with van der Waals surface area (Å²) in [5.41, 5.74) is 8.74. The normalized spacial score (nSPS) is 17.7. The van der Waals surface area contributed by atoms with Gasteiger partial charge >= 0.3 is 12.0 Å². The van der Waals surface area contributed by atoms with E-state index in [1.54, 1.807) is 13.8 Å². The number of hydrogen-bond donors (Lipinski definition) is 3. The molecule has 1 aromatic rings. The zero-order valence-electron chi connectivity index (χ0n) is 12.3. The lowest BCUT2D eigenvalue weighted by Gasteiger charge is -2.17. The molecular formula is C15H21N3O3. The van der Waals surface area contributed by atoms with Gasteiger partial charge in [-0.3, -0.25) is 0 Å². The average molecular weight is 291 g/mol. The van der Waals surface area contributed by atoms with Crippen LogP contribution in [0.5, 0.6) is 0 Å². The van der Waals surface area contributed by atoms with Crippen molar-refractivity contribution in [3.63, 3.8) is 0 Å². The maximum absolute atomic E-state index is 11.9. The molecule has 1 aromatic carbocycles. The van der Waals surface area contributed by atoms with Gasteiger partial charge in [-0.15, -0.1) is 0 Å². The van der Waals surface area contributed by atoms with Crippen LogP contribution < -0.4 is 16.4 Å². The molecule has 2 unspecified atom stereocenters. The molecule has 21 heavy (non-hydrogen) atoms. The Morgan fingerprint density at radius 2 is 2.24 bits per heavy atom. The number of nitrogen functional groups attached to an aromatic ring is 1. The van der Waals surface area contributed by atoms with Gasteiger partial charge in [0.2, 0.25) is 0 Å². The molecule has 4 N–H and O–H groups in total. The van der Waals surface area contributed by atoms with E-state index < -0.39 is 12.0 Å². The van der Waals surface area contributed by atoms with Crippen molar-refractivity contribution in [3.05, 3.63) is 29.3 Å². The molecule has 0 radical (unpaired) electrons. The van der Waals surface area contributed by atoms with E-state index in [0.29, 0.717) is 6.61 Å². The van der Waals surface area contributed by atoms with Gasteiger partial charge in [0.25, 0.3) is 0 Å². The first-order valence-corrected chi connectivity index (χ1v) is 7.13. The molecule has 114 valence electrons. The molecule has 0 spiro atoms. The highest BCUT2D eigenvalue weighted by atomic mass is 16.5. The predicted molar refractivity (Wildman–Crippen MR) is 79.7 cm³/mol. The number of carbonyl (C=O) groups is 2. The lowest BCUT2D eigenvalue weighted by molar-refractivity contribution is -0.144. The van der Waals surface area contributed by atoms with E-state index in [1.807, 2.05) is 18.2 Å². The second-order valence-electron chi connectivity index (χ2n) is 5.14. The Balaban J connectivity index is 1.92. The highest BCUT2D eigenvalue weighted by Gasteiger charge is 2.25. The van der Waals surface area contributed by atoms with Crippen molar-refractivity contribution in [1.29, 1.82) is 0 Å². The minimum absolute atomic E-state index is 0.0463. The number of benzene rings is 1. The topological polar surface area (TPSA) is 93.4 Å². The molecule has 6 nitrogen and oxygen atoms in total. The molecule has 2 rings (SSSR count). The molecule has 2 amide bonds. The Morgan fingerprint density at radius 1 is 1.48 bits per heavy atom. The van der Waals surface area contributed by atoms with Gasteiger partial charge in [-0.25, -0.2) is 9.59 Å². The highest BCUT2D eigenvalue weighted by Crippen LogP contribution is 2.32. The van der Waals surface area contributed by atoms with Crippen LogP contribution in [0.2, 0.25) is 0 Å². The molecule has 1 aliphatic rings. The monoisotopic (exact) mass is 291 g/mol. The zero-order valence-corrected chi connectivity index (χ0v) is 12.3. The van der Waals surface area contributed by atoms with Crippen LogP contribution in [0, 0.1) is 0 Å². The largest absolute Gasteiger partial charge is 0.464 e. The Kier molecular flexibility index (Phi) is 4.67. The van der Waals surface area contributed by atoms with Crippen molar-refractivity contribution < 1.29 is 14.3 Å². The summed E-state index contributed by atoms with van der Waals surface area (Å²) in [6.07, 6.45) is 1.72. The molecule has 0 bridgehead atoms. The SMILES string of the molecule is CCOC(=O)C(C)NC(=O)NC1CCc2cc(N)ccc21. The molecule has 6 heteroatoms. The van der Waals surface area contributed by atoms with E-state index in [4.69, 9.17) is 10.5 Å². The molecule has 0 fully saturated rings. The summed E-state index contributed by atoms with van der Waals surface area (Å²) in [4.78, 5) is 23.4. The smallest absolute Gasteiger partial charge is 0.328 e. The first-order chi connectivity index (χ1) is 10.0. The van der Waals surface area contributed by atoms with Crippen LogP contribution in [0.1, 0.15) is 37.4 Å². The summed E-state index contributed by atoms with van der Waals surface area (Å²) in [6, 6.07) is 4.63. The Labute approximate surface area is 124 Å². The van der Waals surface area contributed by atoms with E-state index in [1.165, 1.54) is 5.56 Å². The predicted octanol–water partition coefficient (Wildman–Crippen LogP) is 1.51. The van der Waals surface area contributed by atoms with E-state index in [-0.39, 0.29) is 12.1 Å². The van der Waals surface area contributed by atoms with E-state index in [0.717, 1.165) is 24.1 Å². The molecule has 0 aromatic heterocycles. The number of nitrogens with one attached hydrogen (secondary N) is 2. The van der Waals surface area contributed by atoms with E-state index >= 15 is 0 Å². The van der Waals surface area contributed by atoms with Gasteiger partial charge in [-0.05, 0) is 49.9 Å². The fourth-order valence-electron chi connectivity index (χ4n) is 2.51. The minimum atomic E-state index is -0.669. The second kappa shape index (κ2) is 6.47. The number of aryl methyl sites for hydroxylation is 1. The summed E-state index contributed by atoms with van der Waals surface area (Å²) in [7, 11) is 0. The lowest BCUT2D eigenvalue weighted by Crippen LogP contribution is -2.45. The molecule has 0 saturated carbocycles. The first-order valence-electron chi connectivity index (χ1n) is 7.13. The average Bonchev–Trinajstić information content (AvgIpc) is 2.81. The number of carbonyl (C=O) groups excluding carboxylic acids is 2. The standard InChI is InChI=1S/C15H21N3O3/c1-3-21-14(19)9(2)17-15(20)18-13-7-4-10-8-11(16)5-6-12(10)13/h5-6,8-9,13H,3-4,7,16H2,1-2H3,(H2,17,18,20). The summed E-state index contributed by atoms with van der Waals surface area (Å²) in [5.74, 6) is -0.438. The van der Waals surface area contributed by atoms with Crippen LogP contribution in [0.25, 0.3) is 0 Å². The van der Waals surface area contributed by atoms with Crippen LogP contribution in [-0.4, -0.2) is 24.6 Å². The Bertz CT molecular complexity index is 545. The van der Waals surface area contributed by atoms with Gasteiger partial charge in [0.05, 0.1) is 12.6 Å². The molecule has 0 saturated heterocycles. The maximum Gasteiger partial charge on any atom is 0.328 e. The molecule has 0 heterocycles. The number of rotatable bonds is 4.